The minimum Gasteiger partial charge on any atom is -0.326 e. The summed E-state index contributed by atoms with van der Waals surface area (Å²) in [7, 11) is 0.881. The van der Waals surface area contributed by atoms with E-state index in [9.17, 15) is 13.2 Å². The van der Waals surface area contributed by atoms with Gasteiger partial charge in [-0.2, -0.15) is 8.42 Å². The highest BCUT2D eigenvalue weighted by atomic mass is 35.7. The number of urea groups is 1. The monoisotopic (exact) mass is 324 g/mol. The predicted molar refractivity (Wildman–Crippen MR) is 81.2 cm³/mol. The molecule has 0 heterocycles. The first-order valence-corrected chi connectivity index (χ1v) is 8.39. The van der Waals surface area contributed by atoms with Gasteiger partial charge in [0.15, 0.2) is 0 Å². The summed E-state index contributed by atoms with van der Waals surface area (Å²) >= 11 is 0. The maximum absolute atomic E-state index is 11.7. The number of nitrogens with one attached hydrogen (secondary N) is 2. The van der Waals surface area contributed by atoms with Gasteiger partial charge in [0.25, 0.3) is 0 Å². The Morgan fingerprint density at radius 1 is 0.905 bits per heavy atom. The molecule has 2 amide bonds. The lowest BCUT2D eigenvalue weighted by Crippen LogP contribution is -2.39. The summed E-state index contributed by atoms with van der Waals surface area (Å²) in [5, 5.41) is 2.59. The van der Waals surface area contributed by atoms with Crippen molar-refractivity contribution < 1.29 is 13.2 Å². The largest absolute Gasteiger partial charge is 0.330 e. The van der Waals surface area contributed by atoms with E-state index in [0.717, 1.165) is 11.1 Å². The highest BCUT2D eigenvalue weighted by Crippen LogP contribution is 2.21. The summed E-state index contributed by atoms with van der Waals surface area (Å²) in [6, 6.07) is 17.1. The Bertz CT molecular complexity index is 666. The zero-order chi connectivity index (χ0) is 15.3. The van der Waals surface area contributed by atoms with Gasteiger partial charge in [0.2, 0.25) is 0 Å². The van der Waals surface area contributed by atoms with Crippen molar-refractivity contribution in [1.29, 1.82) is 0 Å². The number of hydrogen-bond acceptors (Lipinski definition) is 3. The van der Waals surface area contributed by atoms with Crippen LogP contribution in [0, 0.1) is 0 Å². The lowest BCUT2D eigenvalue weighted by Gasteiger charge is -2.19. The molecule has 2 aromatic carbocycles. The zero-order valence-electron chi connectivity index (χ0n) is 10.9. The molecule has 2 N–H and O–H groups in total. The van der Waals surface area contributed by atoms with Gasteiger partial charge < -0.3 is 5.32 Å². The van der Waals surface area contributed by atoms with Crippen molar-refractivity contribution in [3.63, 3.8) is 0 Å². The first-order valence-electron chi connectivity index (χ1n) is 6.08. The van der Waals surface area contributed by atoms with Gasteiger partial charge in [0.05, 0.1) is 6.04 Å². The van der Waals surface area contributed by atoms with E-state index in [2.05, 4.69) is 5.32 Å². The van der Waals surface area contributed by atoms with Crippen molar-refractivity contribution in [2.45, 2.75) is 6.04 Å². The number of amides is 2. The van der Waals surface area contributed by atoms with E-state index >= 15 is 0 Å². The Hall–Kier alpha value is -2.05. The SMILES string of the molecule is O=C(NC(c1ccccc1)c1ccccc1)NS(=O)(=O)Cl. The van der Waals surface area contributed by atoms with Gasteiger partial charge in [-0.25, -0.2) is 9.52 Å². The maximum Gasteiger partial charge on any atom is 0.330 e. The Labute approximate surface area is 127 Å². The molecule has 0 spiro atoms. The molecule has 0 saturated heterocycles. The van der Waals surface area contributed by atoms with E-state index in [-0.39, 0.29) is 0 Å². The van der Waals surface area contributed by atoms with Crippen LogP contribution in [0.2, 0.25) is 0 Å². The van der Waals surface area contributed by atoms with Gasteiger partial charge in [-0.15, -0.1) is 0 Å². The molecule has 2 aromatic rings. The Morgan fingerprint density at radius 3 is 1.71 bits per heavy atom. The van der Waals surface area contributed by atoms with E-state index in [1.165, 1.54) is 0 Å². The van der Waals surface area contributed by atoms with Gasteiger partial charge in [-0.05, 0) is 11.1 Å². The minimum absolute atomic E-state index is 0.481. The zero-order valence-corrected chi connectivity index (χ0v) is 12.4. The van der Waals surface area contributed by atoms with Crippen LogP contribution in [0.25, 0.3) is 0 Å². The van der Waals surface area contributed by atoms with E-state index in [1.807, 2.05) is 60.7 Å². The molecule has 0 aromatic heterocycles. The van der Waals surface area contributed by atoms with Crippen LogP contribution in [-0.2, 0) is 9.24 Å². The number of hydrogen-bond donors (Lipinski definition) is 2. The van der Waals surface area contributed by atoms with E-state index < -0.39 is 21.3 Å². The van der Waals surface area contributed by atoms with Gasteiger partial charge in [-0.1, -0.05) is 60.7 Å². The highest BCUT2D eigenvalue weighted by Gasteiger charge is 2.18. The van der Waals surface area contributed by atoms with Crippen LogP contribution in [0.4, 0.5) is 4.79 Å². The fourth-order valence-electron chi connectivity index (χ4n) is 1.92. The predicted octanol–water partition coefficient (Wildman–Crippen LogP) is 2.56. The molecule has 5 nitrogen and oxygen atoms in total. The smallest absolute Gasteiger partial charge is 0.326 e. The normalized spacial score (nSPS) is 11.1. The second-order valence-electron chi connectivity index (χ2n) is 4.27. The van der Waals surface area contributed by atoms with Crippen LogP contribution >= 0.6 is 10.7 Å². The number of carbonyl (C=O) groups is 1. The first-order chi connectivity index (χ1) is 9.96. The van der Waals surface area contributed by atoms with Gasteiger partial charge in [0, 0.05) is 10.7 Å². The number of halogens is 1. The Balaban J connectivity index is 2.28. The Kier molecular flexibility index (Phi) is 4.82. The molecule has 0 atom stereocenters. The summed E-state index contributed by atoms with van der Waals surface area (Å²) in [4.78, 5) is 11.7. The second-order valence-corrected chi connectivity index (χ2v) is 6.57. The van der Waals surface area contributed by atoms with Gasteiger partial charge >= 0.3 is 15.3 Å². The maximum atomic E-state index is 11.7. The average molecular weight is 325 g/mol. The van der Waals surface area contributed by atoms with Crippen molar-refractivity contribution in [3.8, 4) is 0 Å². The van der Waals surface area contributed by atoms with Crippen molar-refractivity contribution in [3.05, 3.63) is 71.8 Å². The molecule has 0 aliphatic carbocycles. The van der Waals surface area contributed by atoms with Crippen LogP contribution in [0.5, 0.6) is 0 Å². The molecular weight excluding hydrogens is 312 g/mol. The first kappa shape index (κ1) is 15.3. The molecular formula is C14H13ClN2O3S. The third-order valence-corrected chi connectivity index (χ3v) is 3.42. The highest BCUT2D eigenvalue weighted by molar-refractivity contribution is 8.12. The molecule has 7 heteroatoms. The summed E-state index contributed by atoms with van der Waals surface area (Å²) in [5.41, 5.74) is 1.65. The molecule has 0 radical (unpaired) electrons. The standard InChI is InChI=1S/C14H13ClN2O3S/c15-21(19,20)17-14(18)16-13(11-7-3-1-4-8-11)12-9-5-2-6-10-12/h1-10,13H,(H2,16,17,18). The quantitative estimate of drug-likeness (QED) is 0.849. The van der Waals surface area contributed by atoms with E-state index in [4.69, 9.17) is 10.7 Å². The van der Waals surface area contributed by atoms with Crippen molar-refractivity contribution in [2.24, 2.45) is 0 Å². The van der Waals surface area contributed by atoms with E-state index in [0.29, 0.717) is 0 Å². The molecule has 0 saturated carbocycles. The van der Waals surface area contributed by atoms with Crippen LogP contribution in [0.3, 0.4) is 0 Å². The van der Waals surface area contributed by atoms with Crippen molar-refractivity contribution >= 4 is 26.0 Å². The summed E-state index contributed by atoms with van der Waals surface area (Å²) < 4.78 is 23.5. The van der Waals surface area contributed by atoms with Crippen LogP contribution in [0.1, 0.15) is 17.2 Å². The molecule has 110 valence electrons. The number of benzene rings is 2. The molecule has 0 fully saturated rings. The van der Waals surface area contributed by atoms with Gasteiger partial charge in [-0.3, -0.25) is 0 Å². The van der Waals surface area contributed by atoms with Crippen molar-refractivity contribution in [2.75, 3.05) is 0 Å². The third kappa shape index (κ3) is 4.77. The summed E-state index contributed by atoms with van der Waals surface area (Å²) in [6.45, 7) is 0. The topological polar surface area (TPSA) is 75.3 Å². The molecule has 0 bridgehead atoms. The summed E-state index contributed by atoms with van der Waals surface area (Å²) in [6.07, 6.45) is 0. The molecule has 0 aliphatic heterocycles. The molecule has 0 unspecified atom stereocenters. The molecule has 2 rings (SSSR count). The summed E-state index contributed by atoms with van der Waals surface area (Å²) in [5.74, 6) is 0. The van der Waals surface area contributed by atoms with Crippen LogP contribution in [-0.4, -0.2) is 14.4 Å². The Morgan fingerprint density at radius 2 is 1.33 bits per heavy atom. The lowest BCUT2D eigenvalue weighted by molar-refractivity contribution is 0.244. The van der Waals surface area contributed by atoms with Gasteiger partial charge in [0.1, 0.15) is 0 Å². The third-order valence-electron chi connectivity index (χ3n) is 2.76. The molecule has 0 aliphatic rings. The average Bonchev–Trinajstić information content (AvgIpc) is 2.45. The fourth-order valence-corrected chi connectivity index (χ4v) is 2.41. The fraction of sp³-hybridized carbons (Fsp3) is 0.0714. The lowest BCUT2D eigenvalue weighted by atomic mass is 9.99. The number of rotatable bonds is 4. The second kappa shape index (κ2) is 6.60. The minimum atomic E-state index is -4.12. The number of carbonyl (C=O) groups excluding carboxylic acids is 1. The van der Waals surface area contributed by atoms with E-state index in [1.54, 1.807) is 4.72 Å². The molecule has 21 heavy (non-hydrogen) atoms. The van der Waals surface area contributed by atoms with Crippen LogP contribution < -0.4 is 10.0 Å². The van der Waals surface area contributed by atoms with Crippen molar-refractivity contribution in [1.82, 2.24) is 10.0 Å². The van der Waals surface area contributed by atoms with Crippen LogP contribution in [0.15, 0.2) is 60.7 Å².